The number of anilines is 1. The molecule has 1 aromatic heterocycles. The molecule has 1 aromatic rings. The van der Waals surface area contributed by atoms with Crippen molar-refractivity contribution < 1.29 is 0 Å². The van der Waals surface area contributed by atoms with Crippen molar-refractivity contribution in [1.29, 1.82) is 0 Å². The minimum Gasteiger partial charge on any atom is -0.355 e. The smallest absolute Gasteiger partial charge is 0.128 e. The van der Waals surface area contributed by atoms with E-state index in [0.717, 1.165) is 25.3 Å². The monoisotopic (exact) mass is 227 g/mol. The van der Waals surface area contributed by atoms with Crippen LogP contribution in [-0.2, 0) is 0 Å². The van der Waals surface area contributed by atoms with Crippen molar-refractivity contribution in [2.24, 2.45) is 11.7 Å². The Labute approximate surface area is 97.1 Å². The molecule has 2 atom stereocenters. The maximum atomic E-state index is 5.98. The third kappa shape index (κ3) is 3.08. The van der Waals surface area contributed by atoms with Crippen molar-refractivity contribution in [3.8, 4) is 0 Å². The van der Waals surface area contributed by atoms with Crippen LogP contribution in [0.1, 0.15) is 13.3 Å². The molecule has 15 heavy (non-hydrogen) atoms. The highest BCUT2D eigenvalue weighted by atomic mass is 35.5. The second-order valence-corrected chi connectivity index (χ2v) is 4.19. The number of halogens is 1. The van der Waals surface area contributed by atoms with Crippen LogP contribution < -0.4 is 10.6 Å². The van der Waals surface area contributed by atoms with Crippen molar-refractivity contribution >= 4 is 18.2 Å². The lowest BCUT2D eigenvalue weighted by molar-refractivity contribution is 0.400. The van der Waals surface area contributed by atoms with Gasteiger partial charge in [-0.3, -0.25) is 0 Å². The van der Waals surface area contributed by atoms with Crippen molar-refractivity contribution in [3.05, 3.63) is 24.4 Å². The van der Waals surface area contributed by atoms with Gasteiger partial charge in [0.2, 0.25) is 0 Å². The van der Waals surface area contributed by atoms with Crippen LogP contribution in [0.4, 0.5) is 5.82 Å². The molecule has 0 amide bonds. The average Bonchev–Trinajstić information content (AvgIpc) is 2.18. The van der Waals surface area contributed by atoms with Crippen LogP contribution in [0.2, 0.25) is 0 Å². The van der Waals surface area contributed by atoms with Gasteiger partial charge in [0, 0.05) is 25.3 Å². The highest BCUT2D eigenvalue weighted by Gasteiger charge is 2.22. The van der Waals surface area contributed by atoms with E-state index < -0.39 is 0 Å². The lowest BCUT2D eigenvalue weighted by Crippen LogP contribution is -2.46. The van der Waals surface area contributed by atoms with Gasteiger partial charge in [0.05, 0.1) is 0 Å². The number of nitrogens with two attached hydrogens (primary N) is 1. The van der Waals surface area contributed by atoms with Crippen molar-refractivity contribution in [2.45, 2.75) is 19.4 Å². The summed E-state index contributed by atoms with van der Waals surface area (Å²) in [5, 5.41) is 0. The van der Waals surface area contributed by atoms with Gasteiger partial charge in [-0.1, -0.05) is 13.0 Å². The van der Waals surface area contributed by atoms with E-state index in [2.05, 4.69) is 16.8 Å². The van der Waals surface area contributed by atoms with Crippen molar-refractivity contribution in [1.82, 2.24) is 4.98 Å². The van der Waals surface area contributed by atoms with Crippen LogP contribution >= 0.6 is 12.4 Å². The van der Waals surface area contributed by atoms with E-state index in [1.54, 1.807) is 0 Å². The van der Waals surface area contributed by atoms with E-state index >= 15 is 0 Å². The van der Waals surface area contributed by atoms with E-state index in [0.29, 0.717) is 12.0 Å². The molecular formula is C11H18ClN3. The minimum atomic E-state index is 0. The SMILES string of the molecule is CC1CC(N)CN(c2ccccn2)C1.Cl. The number of hydrogen-bond donors (Lipinski definition) is 1. The van der Waals surface area contributed by atoms with Crippen molar-refractivity contribution in [3.63, 3.8) is 0 Å². The molecule has 1 aliphatic heterocycles. The van der Waals surface area contributed by atoms with Crippen LogP contribution in [-0.4, -0.2) is 24.1 Å². The van der Waals surface area contributed by atoms with Crippen LogP contribution in [0.3, 0.4) is 0 Å². The van der Waals surface area contributed by atoms with Gasteiger partial charge in [0.15, 0.2) is 0 Å². The third-order valence-electron chi connectivity index (χ3n) is 2.67. The van der Waals surface area contributed by atoms with Gasteiger partial charge < -0.3 is 10.6 Å². The zero-order chi connectivity index (χ0) is 9.97. The van der Waals surface area contributed by atoms with Gasteiger partial charge in [0.25, 0.3) is 0 Å². The maximum Gasteiger partial charge on any atom is 0.128 e. The van der Waals surface area contributed by atoms with E-state index in [4.69, 9.17) is 5.73 Å². The highest BCUT2D eigenvalue weighted by molar-refractivity contribution is 5.85. The molecule has 0 saturated carbocycles. The Morgan fingerprint density at radius 1 is 1.40 bits per heavy atom. The van der Waals surface area contributed by atoms with Gasteiger partial charge in [-0.15, -0.1) is 12.4 Å². The summed E-state index contributed by atoms with van der Waals surface area (Å²) in [4.78, 5) is 6.62. The molecule has 0 aliphatic carbocycles. The average molecular weight is 228 g/mol. The Balaban J connectivity index is 0.00000112. The summed E-state index contributed by atoms with van der Waals surface area (Å²) in [6.45, 7) is 4.25. The zero-order valence-corrected chi connectivity index (χ0v) is 9.78. The molecule has 0 spiro atoms. The molecule has 1 aliphatic rings. The number of aromatic nitrogens is 1. The fourth-order valence-corrected chi connectivity index (χ4v) is 2.13. The van der Waals surface area contributed by atoms with Crippen LogP contribution in [0.25, 0.3) is 0 Å². The lowest BCUT2D eigenvalue weighted by Gasteiger charge is -2.35. The molecule has 0 aromatic carbocycles. The molecule has 2 N–H and O–H groups in total. The Morgan fingerprint density at radius 3 is 2.80 bits per heavy atom. The molecule has 1 fully saturated rings. The molecule has 2 rings (SSSR count). The first-order valence-corrected chi connectivity index (χ1v) is 5.17. The Morgan fingerprint density at radius 2 is 2.20 bits per heavy atom. The number of pyridine rings is 1. The predicted octanol–water partition coefficient (Wildman–Crippen LogP) is 1.68. The molecule has 0 radical (unpaired) electrons. The fourth-order valence-electron chi connectivity index (χ4n) is 2.13. The molecule has 4 heteroatoms. The minimum absolute atomic E-state index is 0. The molecular weight excluding hydrogens is 210 g/mol. The van der Waals surface area contributed by atoms with Gasteiger partial charge >= 0.3 is 0 Å². The quantitative estimate of drug-likeness (QED) is 0.794. The summed E-state index contributed by atoms with van der Waals surface area (Å²) in [5.41, 5.74) is 5.98. The number of hydrogen-bond acceptors (Lipinski definition) is 3. The number of nitrogens with zero attached hydrogens (tertiary/aromatic N) is 2. The number of piperidine rings is 1. The fraction of sp³-hybridized carbons (Fsp3) is 0.545. The van der Waals surface area contributed by atoms with E-state index in [-0.39, 0.29) is 12.4 Å². The third-order valence-corrected chi connectivity index (χ3v) is 2.67. The lowest BCUT2D eigenvalue weighted by atomic mass is 9.97. The highest BCUT2D eigenvalue weighted by Crippen LogP contribution is 2.19. The summed E-state index contributed by atoms with van der Waals surface area (Å²) in [5.74, 6) is 1.72. The van der Waals surface area contributed by atoms with Crippen molar-refractivity contribution in [2.75, 3.05) is 18.0 Å². The van der Waals surface area contributed by atoms with Gasteiger partial charge in [-0.25, -0.2) is 4.98 Å². The first-order valence-electron chi connectivity index (χ1n) is 5.17. The normalized spacial score (nSPS) is 25.9. The predicted molar refractivity (Wildman–Crippen MR) is 65.5 cm³/mol. The number of rotatable bonds is 1. The largest absolute Gasteiger partial charge is 0.355 e. The Hall–Kier alpha value is -0.800. The molecule has 3 nitrogen and oxygen atoms in total. The topological polar surface area (TPSA) is 42.1 Å². The molecule has 2 heterocycles. The first kappa shape index (κ1) is 12.3. The molecule has 2 unspecified atom stereocenters. The summed E-state index contributed by atoms with van der Waals surface area (Å²) >= 11 is 0. The summed E-state index contributed by atoms with van der Waals surface area (Å²) < 4.78 is 0. The van der Waals surface area contributed by atoms with Crippen LogP contribution in [0.15, 0.2) is 24.4 Å². The molecule has 84 valence electrons. The standard InChI is InChI=1S/C11H17N3.ClH/c1-9-6-10(12)8-14(7-9)11-4-2-3-5-13-11;/h2-5,9-10H,6-8,12H2,1H3;1H. The van der Waals surface area contributed by atoms with E-state index in [1.807, 2.05) is 24.4 Å². The molecule has 0 bridgehead atoms. The maximum absolute atomic E-state index is 5.98. The summed E-state index contributed by atoms with van der Waals surface area (Å²) in [7, 11) is 0. The van der Waals surface area contributed by atoms with Crippen LogP contribution in [0.5, 0.6) is 0 Å². The second-order valence-electron chi connectivity index (χ2n) is 4.19. The van der Waals surface area contributed by atoms with Gasteiger partial charge in [0.1, 0.15) is 5.82 Å². The van der Waals surface area contributed by atoms with E-state index in [9.17, 15) is 0 Å². The summed E-state index contributed by atoms with van der Waals surface area (Å²) in [6.07, 6.45) is 2.96. The second kappa shape index (κ2) is 5.33. The first-order chi connectivity index (χ1) is 6.75. The van der Waals surface area contributed by atoms with E-state index in [1.165, 1.54) is 0 Å². The van der Waals surface area contributed by atoms with Gasteiger partial charge in [-0.2, -0.15) is 0 Å². The molecule has 1 saturated heterocycles. The Bertz CT molecular complexity index is 281. The summed E-state index contributed by atoms with van der Waals surface area (Å²) in [6, 6.07) is 6.30. The van der Waals surface area contributed by atoms with Gasteiger partial charge in [-0.05, 0) is 24.5 Å². The Kier molecular flexibility index (Phi) is 4.36. The van der Waals surface area contributed by atoms with Crippen LogP contribution in [0, 0.1) is 5.92 Å². The zero-order valence-electron chi connectivity index (χ0n) is 8.97.